The molecule has 0 bridgehead atoms. The molecule has 2 aromatic carbocycles. The molecule has 0 amide bonds. The van der Waals surface area contributed by atoms with E-state index in [0.717, 1.165) is 5.69 Å². The van der Waals surface area contributed by atoms with Crippen LogP contribution in [0.3, 0.4) is 0 Å². The van der Waals surface area contributed by atoms with Crippen molar-refractivity contribution in [3.63, 3.8) is 0 Å². The van der Waals surface area contributed by atoms with E-state index in [1.165, 1.54) is 30.5 Å². The minimum atomic E-state index is -0.348. The van der Waals surface area contributed by atoms with Crippen LogP contribution in [0, 0.1) is 12.7 Å². The second-order valence-electron chi connectivity index (χ2n) is 5.38. The summed E-state index contributed by atoms with van der Waals surface area (Å²) in [6.07, 6.45) is 1.46. The Morgan fingerprint density at radius 2 is 1.81 bits per heavy atom. The summed E-state index contributed by atoms with van der Waals surface area (Å²) in [7, 11) is 0. The van der Waals surface area contributed by atoms with Gasteiger partial charge in [-0.25, -0.2) is 4.39 Å². The number of rotatable bonds is 5. The van der Waals surface area contributed by atoms with Crippen molar-refractivity contribution in [3.05, 3.63) is 71.7 Å². The summed E-state index contributed by atoms with van der Waals surface area (Å²) in [5, 5.41) is 12.0. The molecule has 0 saturated heterocycles. The van der Waals surface area contributed by atoms with Gasteiger partial charge in [0.2, 0.25) is 11.8 Å². The first-order valence-electron chi connectivity index (χ1n) is 7.75. The summed E-state index contributed by atoms with van der Waals surface area (Å²) in [6.45, 7) is 1.81. The molecular weight excluding hydrogens is 335 g/mol. The Balaban J connectivity index is 2.08. The molecule has 1 aromatic heterocycles. The van der Waals surface area contributed by atoms with Crippen molar-refractivity contribution in [1.82, 2.24) is 9.78 Å². The van der Waals surface area contributed by atoms with E-state index in [4.69, 9.17) is 16.2 Å². The molecular formula is C18H17FN6O. The topological polar surface area (TPSA) is 104 Å². The highest BCUT2D eigenvalue weighted by Crippen LogP contribution is 2.29. The lowest BCUT2D eigenvalue weighted by Crippen LogP contribution is -2.21. The van der Waals surface area contributed by atoms with E-state index < -0.39 is 0 Å². The van der Waals surface area contributed by atoms with Gasteiger partial charge in [0.25, 0.3) is 0 Å². The standard InChI is InChI=1S/C18H17FN6O/c1-12-16(11-22-23-18(20)21)17(26-15-9-7-13(19)8-10-15)25(24-12)14-5-3-2-4-6-14/h2-11H,1H3,(H4,20,21,23)/b22-11-. The van der Waals surface area contributed by atoms with E-state index in [-0.39, 0.29) is 11.8 Å². The molecule has 3 aromatic rings. The van der Waals surface area contributed by atoms with Crippen molar-refractivity contribution in [2.75, 3.05) is 0 Å². The van der Waals surface area contributed by atoms with Crippen LogP contribution in [0.25, 0.3) is 5.69 Å². The van der Waals surface area contributed by atoms with Crippen LogP contribution in [0.2, 0.25) is 0 Å². The first-order valence-corrected chi connectivity index (χ1v) is 7.75. The highest BCUT2D eigenvalue weighted by Gasteiger charge is 2.17. The maximum Gasteiger partial charge on any atom is 0.231 e. The monoisotopic (exact) mass is 352 g/mol. The Morgan fingerprint density at radius 3 is 2.46 bits per heavy atom. The SMILES string of the molecule is Cc1nn(-c2ccccc2)c(Oc2ccc(F)cc2)c1/C=N\N=C(N)N. The van der Waals surface area contributed by atoms with Crippen LogP contribution in [0.1, 0.15) is 11.3 Å². The van der Waals surface area contributed by atoms with Crippen LogP contribution < -0.4 is 16.2 Å². The summed E-state index contributed by atoms with van der Waals surface area (Å²) in [4.78, 5) is 0. The van der Waals surface area contributed by atoms with Crippen molar-refractivity contribution in [1.29, 1.82) is 0 Å². The molecule has 0 aliphatic heterocycles. The number of nitrogens with zero attached hydrogens (tertiary/aromatic N) is 4. The first-order chi connectivity index (χ1) is 12.5. The lowest BCUT2D eigenvalue weighted by atomic mass is 10.2. The van der Waals surface area contributed by atoms with Crippen LogP contribution in [-0.2, 0) is 0 Å². The van der Waals surface area contributed by atoms with E-state index >= 15 is 0 Å². The number of ether oxygens (including phenoxy) is 1. The van der Waals surface area contributed by atoms with E-state index in [0.29, 0.717) is 22.9 Å². The lowest BCUT2D eigenvalue weighted by molar-refractivity contribution is 0.442. The number of hydrogen-bond acceptors (Lipinski definition) is 4. The molecule has 132 valence electrons. The fourth-order valence-electron chi connectivity index (χ4n) is 2.28. The zero-order valence-electron chi connectivity index (χ0n) is 14.0. The number of aryl methyl sites for hydroxylation is 1. The Morgan fingerprint density at radius 1 is 1.12 bits per heavy atom. The van der Waals surface area contributed by atoms with Gasteiger partial charge in [0.15, 0.2) is 0 Å². The Hall–Kier alpha value is -3.68. The van der Waals surface area contributed by atoms with Crippen LogP contribution in [-0.4, -0.2) is 22.0 Å². The van der Waals surface area contributed by atoms with Gasteiger partial charge in [-0.15, -0.1) is 5.10 Å². The zero-order chi connectivity index (χ0) is 18.5. The smallest absolute Gasteiger partial charge is 0.231 e. The minimum Gasteiger partial charge on any atom is -0.438 e. The molecule has 0 aliphatic rings. The van der Waals surface area contributed by atoms with Crippen LogP contribution in [0.4, 0.5) is 4.39 Å². The molecule has 4 N–H and O–H groups in total. The zero-order valence-corrected chi connectivity index (χ0v) is 14.0. The molecule has 8 heteroatoms. The number of nitrogens with two attached hydrogens (primary N) is 2. The molecule has 0 atom stereocenters. The maximum atomic E-state index is 13.2. The van der Waals surface area contributed by atoms with Gasteiger partial charge in [-0.3, -0.25) is 0 Å². The third-order valence-electron chi connectivity index (χ3n) is 3.45. The van der Waals surface area contributed by atoms with E-state index in [1.54, 1.807) is 4.68 Å². The molecule has 26 heavy (non-hydrogen) atoms. The summed E-state index contributed by atoms with van der Waals surface area (Å²) in [5.41, 5.74) is 12.7. The van der Waals surface area contributed by atoms with Crippen molar-refractivity contribution >= 4 is 12.2 Å². The largest absolute Gasteiger partial charge is 0.438 e. The molecule has 7 nitrogen and oxygen atoms in total. The van der Waals surface area contributed by atoms with Gasteiger partial charge in [-0.1, -0.05) is 18.2 Å². The Bertz CT molecular complexity index is 944. The predicted molar refractivity (Wildman–Crippen MR) is 98.2 cm³/mol. The van der Waals surface area contributed by atoms with Gasteiger partial charge in [-0.05, 0) is 43.3 Å². The number of hydrogen-bond donors (Lipinski definition) is 2. The summed E-state index contributed by atoms with van der Waals surface area (Å²) < 4.78 is 20.8. The highest BCUT2D eigenvalue weighted by atomic mass is 19.1. The molecule has 0 saturated carbocycles. The molecule has 0 fully saturated rings. The number of guanidine groups is 1. The van der Waals surface area contributed by atoms with Crippen LogP contribution in [0.15, 0.2) is 64.8 Å². The summed E-state index contributed by atoms with van der Waals surface area (Å²) in [5.74, 6) is 0.366. The lowest BCUT2D eigenvalue weighted by Gasteiger charge is -2.10. The number of benzene rings is 2. The van der Waals surface area contributed by atoms with Crippen molar-refractivity contribution in [3.8, 4) is 17.3 Å². The molecule has 0 aliphatic carbocycles. The third kappa shape index (κ3) is 3.86. The Labute approximate surface area is 149 Å². The predicted octanol–water partition coefficient (Wildman–Crippen LogP) is 2.72. The molecule has 0 unspecified atom stereocenters. The van der Waals surface area contributed by atoms with Gasteiger partial charge in [0.05, 0.1) is 23.2 Å². The maximum absolute atomic E-state index is 13.2. The second kappa shape index (κ2) is 7.47. The third-order valence-corrected chi connectivity index (χ3v) is 3.45. The molecule has 0 radical (unpaired) electrons. The normalized spacial score (nSPS) is 10.8. The minimum absolute atomic E-state index is 0.157. The van der Waals surface area contributed by atoms with Crippen molar-refractivity contribution in [2.24, 2.45) is 21.7 Å². The summed E-state index contributed by atoms with van der Waals surface area (Å²) in [6, 6.07) is 15.2. The quantitative estimate of drug-likeness (QED) is 0.418. The van der Waals surface area contributed by atoms with Gasteiger partial charge in [-0.2, -0.15) is 14.9 Å². The number of halogens is 1. The molecule has 0 spiro atoms. The fourth-order valence-corrected chi connectivity index (χ4v) is 2.28. The van der Waals surface area contributed by atoms with Crippen molar-refractivity contribution in [2.45, 2.75) is 6.92 Å². The number of aromatic nitrogens is 2. The van der Waals surface area contributed by atoms with E-state index in [1.807, 2.05) is 37.3 Å². The van der Waals surface area contributed by atoms with E-state index in [2.05, 4.69) is 15.3 Å². The van der Waals surface area contributed by atoms with E-state index in [9.17, 15) is 4.39 Å². The molecule has 1 heterocycles. The van der Waals surface area contributed by atoms with Crippen molar-refractivity contribution < 1.29 is 9.13 Å². The second-order valence-corrected chi connectivity index (χ2v) is 5.38. The molecule has 3 rings (SSSR count). The van der Waals surface area contributed by atoms with Crippen LogP contribution >= 0.6 is 0 Å². The fraction of sp³-hybridized carbons (Fsp3) is 0.0556. The van der Waals surface area contributed by atoms with Gasteiger partial charge in [0.1, 0.15) is 11.6 Å². The van der Waals surface area contributed by atoms with Gasteiger partial charge in [0, 0.05) is 0 Å². The average Bonchev–Trinajstić information content (AvgIpc) is 2.93. The Kier molecular flexibility index (Phi) is 4.93. The van der Waals surface area contributed by atoms with Gasteiger partial charge >= 0.3 is 0 Å². The highest BCUT2D eigenvalue weighted by molar-refractivity contribution is 5.85. The summed E-state index contributed by atoms with van der Waals surface area (Å²) >= 11 is 0. The van der Waals surface area contributed by atoms with Crippen LogP contribution in [0.5, 0.6) is 11.6 Å². The average molecular weight is 352 g/mol. The number of para-hydroxylation sites is 1. The van der Waals surface area contributed by atoms with Gasteiger partial charge < -0.3 is 16.2 Å². The first kappa shape index (κ1) is 17.2.